The SMILES string of the molecule is CC(CCOS(=O)(=O)C(F)(F)C(F)(F)F)OS(=O)(=O)C(F)(F)C(F)(F)F. The highest BCUT2D eigenvalue weighted by atomic mass is 32.2. The van der Waals surface area contributed by atoms with Gasteiger partial charge in [-0.25, -0.2) is 0 Å². The molecule has 158 valence electrons. The van der Waals surface area contributed by atoms with Crippen molar-refractivity contribution >= 4 is 20.2 Å². The van der Waals surface area contributed by atoms with Gasteiger partial charge in [0.1, 0.15) is 0 Å². The first-order chi connectivity index (χ1) is 11.1. The van der Waals surface area contributed by atoms with Gasteiger partial charge in [0.25, 0.3) is 0 Å². The highest BCUT2D eigenvalue weighted by Gasteiger charge is 2.69. The summed E-state index contributed by atoms with van der Waals surface area (Å²) in [6.45, 7) is -1.15. The molecule has 0 saturated carbocycles. The lowest BCUT2D eigenvalue weighted by molar-refractivity contribution is -0.244. The van der Waals surface area contributed by atoms with Crippen molar-refractivity contribution in [2.75, 3.05) is 6.61 Å². The first kappa shape index (κ1) is 25.1. The number of rotatable bonds is 8. The van der Waals surface area contributed by atoms with Crippen LogP contribution in [0.2, 0.25) is 0 Å². The summed E-state index contributed by atoms with van der Waals surface area (Å²) >= 11 is 0. The van der Waals surface area contributed by atoms with Crippen molar-refractivity contribution in [1.29, 1.82) is 0 Å². The standard InChI is InChI=1S/C8H8F10O6S2/c1-4(24-26(21,22)8(17,18)6(12,13)14)2-3-23-25(19,20)7(15,16)5(9,10)11/h4H,2-3H2,1H3. The van der Waals surface area contributed by atoms with E-state index < -0.39 is 62.2 Å². The Hall–Kier alpha value is -0.880. The maximum Gasteiger partial charge on any atom is 0.472 e. The van der Waals surface area contributed by atoms with Crippen LogP contribution in [-0.4, -0.2) is 52.4 Å². The molecule has 0 aromatic carbocycles. The van der Waals surface area contributed by atoms with E-state index in [4.69, 9.17) is 0 Å². The second-order valence-corrected chi connectivity index (χ2v) is 7.72. The molecule has 26 heavy (non-hydrogen) atoms. The topological polar surface area (TPSA) is 86.7 Å². The van der Waals surface area contributed by atoms with E-state index in [0.29, 0.717) is 6.92 Å². The second kappa shape index (κ2) is 7.27. The summed E-state index contributed by atoms with van der Waals surface area (Å²) in [6.07, 6.45) is -16.6. The third kappa shape index (κ3) is 5.10. The summed E-state index contributed by atoms with van der Waals surface area (Å²) in [5, 5.41) is -12.7. The van der Waals surface area contributed by atoms with Crippen molar-refractivity contribution in [3.05, 3.63) is 0 Å². The first-order valence-electron chi connectivity index (χ1n) is 5.81. The normalized spacial score (nSPS) is 16.6. The molecule has 0 amide bonds. The number of hydrogen-bond acceptors (Lipinski definition) is 6. The molecule has 0 heterocycles. The van der Waals surface area contributed by atoms with Crippen LogP contribution in [0, 0.1) is 0 Å². The summed E-state index contributed by atoms with van der Waals surface area (Å²) in [4.78, 5) is 0. The van der Waals surface area contributed by atoms with Gasteiger partial charge in [-0.3, -0.25) is 8.37 Å². The van der Waals surface area contributed by atoms with Crippen LogP contribution in [0.3, 0.4) is 0 Å². The van der Waals surface area contributed by atoms with E-state index in [2.05, 4.69) is 8.37 Å². The first-order valence-corrected chi connectivity index (χ1v) is 8.62. The van der Waals surface area contributed by atoms with E-state index in [9.17, 15) is 60.7 Å². The Morgan fingerprint density at radius 2 is 1.08 bits per heavy atom. The Morgan fingerprint density at radius 3 is 1.42 bits per heavy atom. The van der Waals surface area contributed by atoms with Gasteiger partial charge in [0.05, 0.1) is 12.7 Å². The molecule has 0 aromatic heterocycles. The molecule has 0 aliphatic heterocycles. The average molecular weight is 454 g/mol. The minimum Gasteiger partial charge on any atom is -0.265 e. The molecule has 6 nitrogen and oxygen atoms in total. The summed E-state index contributed by atoms with van der Waals surface area (Å²) < 4.78 is 172. The maximum atomic E-state index is 12.7. The Labute approximate surface area is 139 Å². The van der Waals surface area contributed by atoms with Gasteiger partial charge in [0.15, 0.2) is 0 Å². The third-order valence-corrected chi connectivity index (χ3v) is 5.12. The van der Waals surface area contributed by atoms with E-state index in [1.165, 1.54) is 0 Å². The lowest BCUT2D eigenvalue weighted by Crippen LogP contribution is -2.46. The molecule has 0 aliphatic rings. The Morgan fingerprint density at radius 1 is 0.731 bits per heavy atom. The predicted molar refractivity (Wildman–Crippen MR) is 61.0 cm³/mol. The number of hydrogen-bond donors (Lipinski definition) is 0. The van der Waals surface area contributed by atoms with Gasteiger partial charge in [-0.05, 0) is 13.3 Å². The molecule has 0 spiro atoms. The molecule has 18 heteroatoms. The fourth-order valence-corrected chi connectivity index (χ4v) is 2.69. The summed E-state index contributed by atoms with van der Waals surface area (Å²) in [5.74, 6) is 0. The number of halogens is 10. The van der Waals surface area contributed by atoms with Gasteiger partial charge in [0, 0.05) is 0 Å². The van der Waals surface area contributed by atoms with E-state index >= 15 is 0 Å². The highest BCUT2D eigenvalue weighted by molar-refractivity contribution is 7.88. The monoisotopic (exact) mass is 454 g/mol. The van der Waals surface area contributed by atoms with Gasteiger partial charge >= 0.3 is 43.1 Å². The van der Waals surface area contributed by atoms with Gasteiger partial charge < -0.3 is 0 Å². The van der Waals surface area contributed by atoms with Crippen LogP contribution in [-0.2, 0) is 28.6 Å². The predicted octanol–water partition coefficient (Wildman–Crippen LogP) is 2.77. The zero-order chi connectivity index (χ0) is 21.4. The molecule has 0 rings (SSSR count). The molecule has 0 bridgehead atoms. The Kier molecular flexibility index (Phi) is 7.02. The highest BCUT2D eigenvalue weighted by Crippen LogP contribution is 2.42. The molecule has 1 unspecified atom stereocenters. The smallest absolute Gasteiger partial charge is 0.265 e. The molecule has 0 saturated heterocycles. The summed E-state index contributed by atoms with van der Waals surface area (Å²) in [5.41, 5.74) is 0. The molecule has 0 N–H and O–H groups in total. The minimum absolute atomic E-state index is 0.488. The molecular formula is C8H8F10O6S2. The summed E-state index contributed by atoms with van der Waals surface area (Å²) in [6, 6.07) is 0. The van der Waals surface area contributed by atoms with E-state index in [1.807, 2.05) is 0 Å². The number of alkyl halides is 10. The molecule has 0 aromatic rings. The maximum absolute atomic E-state index is 12.7. The molecule has 0 aliphatic carbocycles. The van der Waals surface area contributed by atoms with Crippen molar-refractivity contribution in [2.24, 2.45) is 0 Å². The van der Waals surface area contributed by atoms with Crippen LogP contribution in [0.4, 0.5) is 43.9 Å². The van der Waals surface area contributed by atoms with Crippen molar-refractivity contribution in [3.8, 4) is 0 Å². The fraction of sp³-hybridized carbons (Fsp3) is 1.00. The Balaban J connectivity index is 4.98. The fourth-order valence-electron chi connectivity index (χ4n) is 1.01. The quantitative estimate of drug-likeness (QED) is 0.414. The van der Waals surface area contributed by atoms with Crippen molar-refractivity contribution in [2.45, 2.75) is 42.3 Å². The second-order valence-electron chi connectivity index (χ2n) is 4.45. The molecular weight excluding hydrogens is 446 g/mol. The Bertz CT molecular complexity index is 692. The van der Waals surface area contributed by atoms with Gasteiger partial charge in [-0.15, -0.1) is 0 Å². The van der Waals surface area contributed by atoms with Crippen molar-refractivity contribution in [1.82, 2.24) is 0 Å². The zero-order valence-electron chi connectivity index (χ0n) is 12.0. The van der Waals surface area contributed by atoms with E-state index in [0.717, 1.165) is 0 Å². The van der Waals surface area contributed by atoms with Gasteiger partial charge in [-0.2, -0.15) is 60.7 Å². The lowest BCUT2D eigenvalue weighted by Gasteiger charge is -2.22. The van der Waals surface area contributed by atoms with E-state index in [-0.39, 0.29) is 0 Å². The van der Waals surface area contributed by atoms with Crippen LogP contribution < -0.4 is 0 Å². The minimum atomic E-state index is -6.63. The van der Waals surface area contributed by atoms with Crippen LogP contribution in [0.25, 0.3) is 0 Å². The molecule has 0 fully saturated rings. The van der Waals surface area contributed by atoms with Gasteiger partial charge in [0.2, 0.25) is 0 Å². The molecule has 0 radical (unpaired) electrons. The summed E-state index contributed by atoms with van der Waals surface area (Å²) in [7, 11) is -13.2. The molecule has 1 atom stereocenters. The zero-order valence-corrected chi connectivity index (χ0v) is 13.7. The largest absolute Gasteiger partial charge is 0.472 e. The van der Waals surface area contributed by atoms with Crippen LogP contribution in [0.15, 0.2) is 0 Å². The van der Waals surface area contributed by atoms with Crippen LogP contribution >= 0.6 is 0 Å². The van der Waals surface area contributed by atoms with Gasteiger partial charge in [-0.1, -0.05) is 0 Å². The van der Waals surface area contributed by atoms with Crippen molar-refractivity contribution in [3.63, 3.8) is 0 Å². The lowest BCUT2D eigenvalue weighted by atomic mass is 10.3. The van der Waals surface area contributed by atoms with Crippen molar-refractivity contribution < 1.29 is 69.1 Å². The average Bonchev–Trinajstić information content (AvgIpc) is 2.34. The third-order valence-electron chi connectivity index (χ3n) is 2.34. The van der Waals surface area contributed by atoms with Crippen LogP contribution in [0.5, 0.6) is 0 Å². The van der Waals surface area contributed by atoms with Crippen LogP contribution in [0.1, 0.15) is 13.3 Å². The van der Waals surface area contributed by atoms with E-state index in [1.54, 1.807) is 0 Å².